The number of halogens is 2. The van der Waals surface area contributed by atoms with E-state index in [9.17, 15) is 0 Å². The fourth-order valence-corrected chi connectivity index (χ4v) is 2.16. The van der Waals surface area contributed by atoms with Crippen LogP contribution in [0.15, 0.2) is 24.3 Å². The molecule has 3 heteroatoms. The molecule has 0 aliphatic heterocycles. The topological polar surface area (TPSA) is 12.9 Å². The van der Waals surface area contributed by atoms with Gasteiger partial charge in [0.25, 0.3) is 0 Å². The third-order valence-electron chi connectivity index (χ3n) is 2.79. The summed E-state index contributed by atoms with van der Waals surface area (Å²) in [7, 11) is 0. The van der Waals surface area contributed by atoms with Crippen LogP contribution in [0, 0.1) is 0 Å². The molecule has 0 amide bonds. The first-order valence-corrected chi connectivity index (χ1v) is 6.20. The molecule has 0 radical (unpaired) electrons. The van der Waals surface area contributed by atoms with Crippen molar-refractivity contribution in [3.8, 4) is 0 Å². The van der Waals surface area contributed by atoms with Gasteiger partial charge in [-0.3, -0.25) is 4.98 Å². The predicted molar refractivity (Wildman–Crippen MR) is 77.4 cm³/mol. The molecule has 1 aromatic carbocycles. The predicted octanol–water partition coefficient (Wildman–Crippen LogP) is 4.82. The highest BCUT2D eigenvalue weighted by Gasteiger charge is 2.04. The molecule has 1 nitrogen and oxygen atoms in total. The summed E-state index contributed by atoms with van der Waals surface area (Å²) in [6.45, 7) is 4.30. The van der Waals surface area contributed by atoms with E-state index < -0.39 is 0 Å². The van der Waals surface area contributed by atoms with Gasteiger partial charge in [-0.05, 0) is 36.6 Å². The van der Waals surface area contributed by atoms with Gasteiger partial charge in [0.1, 0.15) is 0 Å². The lowest BCUT2D eigenvalue weighted by molar-refractivity contribution is 0.890. The Morgan fingerprint density at radius 2 is 1.94 bits per heavy atom. The largest absolute Gasteiger partial charge is 0.253 e. The average molecular weight is 270 g/mol. The molecule has 0 atom stereocenters. The quantitative estimate of drug-likeness (QED) is 0.778. The van der Waals surface area contributed by atoms with Crippen molar-refractivity contribution in [2.45, 2.75) is 33.1 Å². The Bertz CT molecular complexity index is 509. The van der Waals surface area contributed by atoms with E-state index in [1.54, 1.807) is 0 Å². The van der Waals surface area contributed by atoms with E-state index in [-0.39, 0.29) is 12.4 Å². The summed E-state index contributed by atoms with van der Waals surface area (Å²) in [5.74, 6) is 0. The molecule has 17 heavy (non-hydrogen) atoms. The Balaban J connectivity index is 0.00000144. The minimum absolute atomic E-state index is 0. The number of rotatable bonds is 3. The number of pyridine rings is 1. The van der Waals surface area contributed by atoms with Crippen LogP contribution < -0.4 is 0 Å². The third-order valence-corrected chi connectivity index (χ3v) is 3.10. The summed E-state index contributed by atoms with van der Waals surface area (Å²) in [4.78, 5) is 4.62. The van der Waals surface area contributed by atoms with Crippen molar-refractivity contribution in [1.29, 1.82) is 0 Å². The summed E-state index contributed by atoms with van der Waals surface area (Å²) in [5, 5.41) is 1.89. The smallest absolute Gasteiger partial charge is 0.0720 e. The van der Waals surface area contributed by atoms with Crippen molar-refractivity contribution in [2.24, 2.45) is 0 Å². The third kappa shape index (κ3) is 3.11. The van der Waals surface area contributed by atoms with Crippen LogP contribution >= 0.6 is 24.0 Å². The highest BCUT2D eigenvalue weighted by molar-refractivity contribution is 6.35. The van der Waals surface area contributed by atoms with Crippen molar-refractivity contribution in [2.75, 3.05) is 0 Å². The van der Waals surface area contributed by atoms with Crippen LogP contribution in [-0.4, -0.2) is 4.98 Å². The average Bonchev–Trinajstić information content (AvgIpc) is 2.29. The van der Waals surface area contributed by atoms with Gasteiger partial charge < -0.3 is 0 Å². The van der Waals surface area contributed by atoms with E-state index in [1.165, 1.54) is 5.56 Å². The molecule has 92 valence electrons. The van der Waals surface area contributed by atoms with E-state index in [2.05, 4.69) is 37.0 Å². The van der Waals surface area contributed by atoms with Gasteiger partial charge in [-0.1, -0.05) is 37.9 Å². The van der Waals surface area contributed by atoms with Crippen molar-refractivity contribution in [3.63, 3.8) is 0 Å². The molecule has 0 saturated carbocycles. The number of hydrogen-bond acceptors (Lipinski definition) is 1. The van der Waals surface area contributed by atoms with Crippen LogP contribution in [0.3, 0.4) is 0 Å². The van der Waals surface area contributed by atoms with Gasteiger partial charge in [0.15, 0.2) is 0 Å². The second-order valence-corrected chi connectivity index (χ2v) is 4.46. The van der Waals surface area contributed by atoms with Gasteiger partial charge in [-0.2, -0.15) is 0 Å². The SMILES string of the molecule is CCCc1cc(Cl)c2cc(CC)ccc2n1.Cl. The van der Waals surface area contributed by atoms with Crippen molar-refractivity contribution < 1.29 is 0 Å². The summed E-state index contributed by atoms with van der Waals surface area (Å²) >= 11 is 6.29. The highest BCUT2D eigenvalue weighted by Crippen LogP contribution is 2.24. The molecule has 0 aliphatic carbocycles. The maximum absolute atomic E-state index is 6.29. The lowest BCUT2D eigenvalue weighted by atomic mass is 10.1. The number of nitrogens with zero attached hydrogens (tertiary/aromatic N) is 1. The molecule has 0 spiro atoms. The second-order valence-electron chi connectivity index (χ2n) is 4.05. The number of hydrogen-bond donors (Lipinski definition) is 0. The molecule has 0 N–H and O–H groups in total. The lowest BCUT2D eigenvalue weighted by Gasteiger charge is -2.06. The molecule has 0 bridgehead atoms. The molecule has 0 aliphatic rings. The second kappa shape index (κ2) is 6.23. The van der Waals surface area contributed by atoms with Gasteiger partial charge in [0.05, 0.1) is 10.5 Å². The number of fused-ring (bicyclic) bond motifs is 1. The van der Waals surface area contributed by atoms with E-state index in [1.807, 2.05) is 6.07 Å². The first kappa shape index (κ1) is 14.3. The minimum atomic E-state index is 0. The fraction of sp³-hybridized carbons (Fsp3) is 0.357. The van der Waals surface area contributed by atoms with Gasteiger partial charge in [0, 0.05) is 11.1 Å². The zero-order valence-corrected chi connectivity index (χ0v) is 11.7. The number of benzene rings is 1. The number of aryl methyl sites for hydroxylation is 2. The normalized spacial score (nSPS) is 10.3. The molecule has 0 unspecified atom stereocenters. The summed E-state index contributed by atoms with van der Waals surface area (Å²) < 4.78 is 0. The Morgan fingerprint density at radius 1 is 1.18 bits per heavy atom. The molecule has 0 fully saturated rings. The van der Waals surface area contributed by atoms with E-state index in [0.29, 0.717) is 0 Å². The van der Waals surface area contributed by atoms with Crippen LogP contribution in [0.25, 0.3) is 10.9 Å². The molecule has 1 heterocycles. The summed E-state index contributed by atoms with van der Waals surface area (Å²) in [5.41, 5.74) is 3.40. The van der Waals surface area contributed by atoms with E-state index in [4.69, 9.17) is 11.6 Å². The molecule has 1 aromatic heterocycles. The molecular formula is C14H17Cl2N. The molecule has 2 rings (SSSR count). The van der Waals surface area contributed by atoms with E-state index in [0.717, 1.165) is 40.9 Å². The molecule has 0 saturated heterocycles. The first-order valence-electron chi connectivity index (χ1n) is 5.82. The van der Waals surface area contributed by atoms with Crippen molar-refractivity contribution >= 4 is 34.9 Å². The maximum Gasteiger partial charge on any atom is 0.0720 e. The Morgan fingerprint density at radius 3 is 2.59 bits per heavy atom. The lowest BCUT2D eigenvalue weighted by Crippen LogP contribution is -1.91. The molecular weight excluding hydrogens is 253 g/mol. The Labute approximate surface area is 114 Å². The van der Waals surface area contributed by atoms with Crippen molar-refractivity contribution in [1.82, 2.24) is 4.98 Å². The van der Waals surface area contributed by atoms with Crippen LogP contribution in [0.4, 0.5) is 0 Å². The standard InChI is InChI=1S/C14H16ClN.ClH/c1-3-5-11-9-13(15)12-8-10(4-2)6-7-14(12)16-11;/h6-9H,3-5H2,1-2H3;1H. The highest BCUT2D eigenvalue weighted by atomic mass is 35.5. The maximum atomic E-state index is 6.29. The zero-order valence-electron chi connectivity index (χ0n) is 10.2. The van der Waals surface area contributed by atoms with Crippen LogP contribution in [0.5, 0.6) is 0 Å². The monoisotopic (exact) mass is 269 g/mol. The number of aromatic nitrogens is 1. The zero-order chi connectivity index (χ0) is 11.5. The summed E-state index contributed by atoms with van der Waals surface area (Å²) in [6, 6.07) is 8.33. The van der Waals surface area contributed by atoms with Crippen molar-refractivity contribution in [3.05, 3.63) is 40.5 Å². The van der Waals surface area contributed by atoms with Gasteiger partial charge in [0.2, 0.25) is 0 Å². The van der Waals surface area contributed by atoms with Gasteiger partial charge in [-0.25, -0.2) is 0 Å². The van der Waals surface area contributed by atoms with Crippen LogP contribution in [0.2, 0.25) is 5.02 Å². The van der Waals surface area contributed by atoms with E-state index >= 15 is 0 Å². The van der Waals surface area contributed by atoms with Crippen LogP contribution in [-0.2, 0) is 12.8 Å². The van der Waals surface area contributed by atoms with Gasteiger partial charge in [-0.15, -0.1) is 12.4 Å². The van der Waals surface area contributed by atoms with Crippen LogP contribution in [0.1, 0.15) is 31.5 Å². The Kier molecular flexibility index (Phi) is 5.23. The Hall–Kier alpha value is -0.790. The molecule has 2 aromatic rings. The van der Waals surface area contributed by atoms with Gasteiger partial charge >= 0.3 is 0 Å². The summed E-state index contributed by atoms with van der Waals surface area (Å²) in [6.07, 6.45) is 3.12. The first-order chi connectivity index (χ1) is 7.74. The fourth-order valence-electron chi connectivity index (χ4n) is 1.89. The minimum Gasteiger partial charge on any atom is -0.253 e.